The summed E-state index contributed by atoms with van der Waals surface area (Å²) in [4.78, 5) is 31.2. The fraction of sp³-hybridized carbons (Fsp3) is 0.294. The number of ketones is 1. The Labute approximate surface area is 143 Å². The zero-order chi connectivity index (χ0) is 17.6. The standard InChI is InChI=1S/C17H18N6O2/c1-9-2-4-10(5-3-9)14(24)13-12-15(18)20-17(25)21-16(12)23(22-13)11-6-7-19-8-11/h2-5,11,19H,6-8H2,1H3,(H3,18,20,21,25). The number of hydrogen-bond donors (Lipinski definition) is 3. The van der Waals surface area contributed by atoms with E-state index in [0.29, 0.717) is 23.1 Å². The first kappa shape index (κ1) is 15.5. The van der Waals surface area contributed by atoms with Crippen LogP contribution in [0.5, 0.6) is 0 Å². The van der Waals surface area contributed by atoms with Crippen LogP contribution in [-0.2, 0) is 0 Å². The van der Waals surface area contributed by atoms with Gasteiger partial charge < -0.3 is 11.1 Å². The zero-order valence-electron chi connectivity index (χ0n) is 13.7. The number of aryl methyl sites for hydroxylation is 1. The van der Waals surface area contributed by atoms with Gasteiger partial charge in [-0.05, 0) is 19.9 Å². The summed E-state index contributed by atoms with van der Waals surface area (Å²) in [5, 5.41) is 8.15. The molecule has 1 aliphatic heterocycles. The molecule has 1 aliphatic rings. The van der Waals surface area contributed by atoms with Crippen molar-refractivity contribution in [2.24, 2.45) is 0 Å². The number of fused-ring (bicyclic) bond motifs is 1. The number of nitrogens with two attached hydrogens (primary N) is 1. The van der Waals surface area contributed by atoms with Gasteiger partial charge in [-0.1, -0.05) is 29.8 Å². The molecule has 8 nitrogen and oxygen atoms in total. The van der Waals surface area contributed by atoms with Crippen LogP contribution < -0.4 is 16.7 Å². The third-order valence-corrected chi connectivity index (χ3v) is 4.51. The van der Waals surface area contributed by atoms with E-state index in [1.807, 2.05) is 19.1 Å². The molecule has 0 bridgehead atoms. The highest BCUT2D eigenvalue weighted by Crippen LogP contribution is 2.27. The number of H-pyrrole nitrogens is 1. The summed E-state index contributed by atoms with van der Waals surface area (Å²) < 4.78 is 1.66. The first-order valence-electron chi connectivity index (χ1n) is 8.14. The summed E-state index contributed by atoms with van der Waals surface area (Å²) in [5.74, 6) is -0.127. The van der Waals surface area contributed by atoms with Crippen LogP contribution >= 0.6 is 0 Å². The molecule has 4 N–H and O–H groups in total. The molecular formula is C17H18N6O2. The van der Waals surface area contributed by atoms with Crippen LogP contribution in [0.3, 0.4) is 0 Å². The van der Waals surface area contributed by atoms with Crippen LogP contribution in [0, 0.1) is 6.92 Å². The lowest BCUT2D eigenvalue weighted by molar-refractivity contribution is 0.103. The smallest absolute Gasteiger partial charge is 0.348 e. The summed E-state index contributed by atoms with van der Waals surface area (Å²) in [5.41, 5.74) is 7.60. The van der Waals surface area contributed by atoms with Crippen molar-refractivity contribution in [1.82, 2.24) is 25.1 Å². The van der Waals surface area contributed by atoms with Crippen molar-refractivity contribution in [3.05, 3.63) is 51.6 Å². The fourth-order valence-electron chi connectivity index (χ4n) is 3.19. The maximum absolute atomic E-state index is 13.0. The largest absolute Gasteiger partial charge is 0.384 e. The van der Waals surface area contributed by atoms with Crippen LogP contribution in [0.4, 0.5) is 5.82 Å². The van der Waals surface area contributed by atoms with Gasteiger partial charge in [-0.2, -0.15) is 10.1 Å². The predicted molar refractivity (Wildman–Crippen MR) is 93.7 cm³/mol. The Balaban J connectivity index is 1.92. The van der Waals surface area contributed by atoms with Gasteiger partial charge in [0, 0.05) is 12.1 Å². The molecule has 0 spiro atoms. The average Bonchev–Trinajstić information content (AvgIpc) is 3.22. The molecule has 1 atom stereocenters. The quantitative estimate of drug-likeness (QED) is 0.607. The van der Waals surface area contributed by atoms with Crippen molar-refractivity contribution in [3.63, 3.8) is 0 Å². The van der Waals surface area contributed by atoms with E-state index in [1.54, 1.807) is 16.8 Å². The van der Waals surface area contributed by atoms with E-state index in [-0.39, 0.29) is 23.3 Å². The molecule has 1 aromatic carbocycles. The van der Waals surface area contributed by atoms with Crippen molar-refractivity contribution < 1.29 is 4.79 Å². The number of anilines is 1. The SMILES string of the molecule is Cc1ccc(C(=O)c2nn(C3CCNC3)c3nc(=O)[nH]c(N)c23)cc1. The van der Waals surface area contributed by atoms with Gasteiger partial charge in [0.25, 0.3) is 0 Å². The lowest BCUT2D eigenvalue weighted by atomic mass is 10.1. The number of nitrogens with zero attached hydrogens (tertiary/aromatic N) is 3. The number of aromatic nitrogens is 4. The minimum atomic E-state index is -0.550. The zero-order valence-corrected chi connectivity index (χ0v) is 13.7. The molecular weight excluding hydrogens is 320 g/mol. The number of carbonyl (C=O) groups is 1. The van der Waals surface area contributed by atoms with E-state index in [2.05, 4.69) is 20.4 Å². The Morgan fingerprint density at radius 3 is 2.76 bits per heavy atom. The highest BCUT2D eigenvalue weighted by Gasteiger charge is 2.27. The number of nitrogen functional groups attached to an aromatic ring is 1. The maximum Gasteiger partial charge on any atom is 0.348 e. The molecule has 1 fully saturated rings. The maximum atomic E-state index is 13.0. The van der Waals surface area contributed by atoms with Gasteiger partial charge in [-0.3, -0.25) is 9.78 Å². The van der Waals surface area contributed by atoms with E-state index in [1.165, 1.54) is 0 Å². The Kier molecular flexibility index (Phi) is 3.61. The second-order valence-electron chi connectivity index (χ2n) is 6.29. The van der Waals surface area contributed by atoms with Crippen molar-refractivity contribution in [1.29, 1.82) is 0 Å². The van der Waals surface area contributed by atoms with Gasteiger partial charge in [0.05, 0.1) is 11.4 Å². The Bertz CT molecular complexity index is 1010. The molecule has 4 rings (SSSR count). The van der Waals surface area contributed by atoms with E-state index >= 15 is 0 Å². The Morgan fingerprint density at radius 2 is 2.08 bits per heavy atom. The van der Waals surface area contributed by atoms with Crippen molar-refractivity contribution >= 4 is 22.6 Å². The molecule has 3 heterocycles. The van der Waals surface area contributed by atoms with Crippen LogP contribution in [0.1, 0.15) is 34.1 Å². The summed E-state index contributed by atoms with van der Waals surface area (Å²) >= 11 is 0. The normalized spacial score (nSPS) is 17.2. The summed E-state index contributed by atoms with van der Waals surface area (Å²) in [6.07, 6.45) is 0.851. The number of rotatable bonds is 3. The van der Waals surface area contributed by atoms with E-state index in [4.69, 9.17) is 5.73 Å². The lowest BCUT2D eigenvalue weighted by Gasteiger charge is -2.09. The molecule has 0 radical (unpaired) electrons. The van der Waals surface area contributed by atoms with Gasteiger partial charge >= 0.3 is 5.69 Å². The molecule has 0 aliphatic carbocycles. The van der Waals surface area contributed by atoms with Crippen LogP contribution in [0.25, 0.3) is 11.0 Å². The molecule has 3 aromatic rings. The summed E-state index contributed by atoms with van der Waals surface area (Å²) in [6, 6.07) is 7.30. The Hall–Kier alpha value is -3.00. The van der Waals surface area contributed by atoms with Crippen molar-refractivity contribution in [2.45, 2.75) is 19.4 Å². The van der Waals surface area contributed by atoms with Gasteiger partial charge in [0.15, 0.2) is 5.65 Å². The monoisotopic (exact) mass is 338 g/mol. The average molecular weight is 338 g/mol. The minimum absolute atomic E-state index is 0.0377. The van der Waals surface area contributed by atoms with Gasteiger partial charge in [0.1, 0.15) is 11.5 Å². The molecule has 0 amide bonds. The second-order valence-corrected chi connectivity index (χ2v) is 6.29. The minimum Gasteiger partial charge on any atom is -0.384 e. The van der Waals surface area contributed by atoms with Crippen LogP contribution in [0.2, 0.25) is 0 Å². The summed E-state index contributed by atoms with van der Waals surface area (Å²) in [7, 11) is 0. The molecule has 25 heavy (non-hydrogen) atoms. The highest BCUT2D eigenvalue weighted by molar-refractivity contribution is 6.16. The van der Waals surface area contributed by atoms with E-state index < -0.39 is 5.69 Å². The third kappa shape index (κ3) is 2.60. The fourth-order valence-corrected chi connectivity index (χ4v) is 3.19. The Morgan fingerprint density at radius 1 is 1.32 bits per heavy atom. The molecule has 2 aromatic heterocycles. The molecule has 1 unspecified atom stereocenters. The van der Waals surface area contributed by atoms with Crippen molar-refractivity contribution in [3.8, 4) is 0 Å². The molecule has 8 heteroatoms. The number of hydrogen-bond acceptors (Lipinski definition) is 6. The number of nitrogens with one attached hydrogen (secondary N) is 2. The van der Waals surface area contributed by atoms with Crippen molar-refractivity contribution in [2.75, 3.05) is 18.8 Å². The first-order chi connectivity index (χ1) is 12.0. The van der Waals surface area contributed by atoms with E-state index in [9.17, 15) is 9.59 Å². The highest BCUT2D eigenvalue weighted by atomic mass is 16.1. The number of benzene rings is 1. The van der Waals surface area contributed by atoms with Gasteiger partial charge in [0.2, 0.25) is 5.78 Å². The lowest BCUT2D eigenvalue weighted by Crippen LogP contribution is -2.18. The second kappa shape index (κ2) is 5.82. The van der Waals surface area contributed by atoms with Gasteiger partial charge in [-0.25, -0.2) is 9.48 Å². The van der Waals surface area contributed by atoms with Gasteiger partial charge in [-0.15, -0.1) is 0 Å². The number of carbonyl (C=O) groups excluding carboxylic acids is 1. The third-order valence-electron chi connectivity index (χ3n) is 4.51. The van der Waals surface area contributed by atoms with Crippen LogP contribution in [0.15, 0.2) is 29.1 Å². The van der Waals surface area contributed by atoms with E-state index in [0.717, 1.165) is 18.5 Å². The predicted octanol–water partition coefficient (Wildman–Crippen LogP) is 0.776. The number of aromatic amines is 1. The molecule has 128 valence electrons. The summed E-state index contributed by atoms with van der Waals surface area (Å²) in [6.45, 7) is 3.52. The topological polar surface area (TPSA) is 119 Å². The molecule has 0 saturated carbocycles. The molecule has 1 saturated heterocycles. The van der Waals surface area contributed by atoms with Crippen LogP contribution in [-0.4, -0.2) is 38.6 Å². The first-order valence-corrected chi connectivity index (χ1v) is 8.14.